The topological polar surface area (TPSA) is 59.1 Å². The Morgan fingerprint density at radius 2 is 1.86 bits per heavy atom. The summed E-state index contributed by atoms with van der Waals surface area (Å²) in [5.41, 5.74) is 5.47. The van der Waals surface area contributed by atoms with E-state index in [-0.39, 0.29) is 5.41 Å². The summed E-state index contributed by atoms with van der Waals surface area (Å²) in [5.74, 6) is 0. The predicted octanol–water partition coefficient (Wildman–Crippen LogP) is 3.01. The molecule has 148 valence electrons. The van der Waals surface area contributed by atoms with Crippen LogP contribution in [0.5, 0.6) is 0 Å². The summed E-state index contributed by atoms with van der Waals surface area (Å²) in [7, 11) is 1.83. The number of fused-ring (bicyclic) bond motifs is 1. The molecule has 0 fully saturated rings. The maximum absolute atomic E-state index is 10.7. The number of aryl methyl sites for hydroxylation is 1. The van der Waals surface area contributed by atoms with Crippen molar-refractivity contribution in [2.75, 3.05) is 6.54 Å². The van der Waals surface area contributed by atoms with Crippen LogP contribution < -0.4 is 0 Å². The average molecular weight is 380 g/mol. The van der Waals surface area contributed by atoms with Crippen LogP contribution in [-0.2, 0) is 32.1 Å². The van der Waals surface area contributed by atoms with Gasteiger partial charge in [-0.3, -0.25) is 14.3 Å². The van der Waals surface area contributed by atoms with E-state index in [0.29, 0.717) is 5.69 Å². The van der Waals surface area contributed by atoms with E-state index in [1.807, 2.05) is 23.9 Å². The van der Waals surface area contributed by atoms with Gasteiger partial charge in [-0.1, -0.05) is 45.0 Å². The molecule has 1 aliphatic rings. The molecule has 0 bridgehead atoms. The van der Waals surface area contributed by atoms with Gasteiger partial charge >= 0.3 is 0 Å². The first-order chi connectivity index (χ1) is 13.3. The highest BCUT2D eigenvalue weighted by Gasteiger charge is 2.23. The van der Waals surface area contributed by atoms with E-state index in [2.05, 4.69) is 60.1 Å². The lowest BCUT2D eigenvalue weighted by Crippen LogP contribution is -2.33. The molecule has 1 atom stereocenters. The zero-order chi connectivity index (χ0) is 19.9. The van der Waals surface area contributed by atoms with E-state index in [4.69, 9.17) is 0 Å². The predicted molar refractivity (Wildman–Crippen MR) is 109 cm³/mol. The van der Waals surface area contributed by atoms with Crippen molar-refractivity contribution >= 4 is 0 Å². The molecular weight excluding hydrogens is 350 g/mol. The smallest absolute Gasteiger partial charge is 0.139 e. The zero-order valence-electron chi connectivity index (χ0n) is 17.1. The van der Waals surface area contributed by atoms with Crippen molar-refractivity contribution in [2.45, 2.75) is 51.9 Å². The second-order valence-electron chi connectivity index (χ2n) is 8.72. The minimum atomic E-state index is -0.746. The molecule has 6 heteroatoms. The summed E-state index contributed by atoms with van der Waals surface area (Å²) in [6, 6.07) is 12.8. The molecule has 0 saturated heterocycles. The maximum Gasteiger partial charge on any atom is 0.139 e. The molecule has 3 heterocycles. The fourth-order valence-electron chi connectivity index (χ4n) is 3.78. The van der Waals surface area contributed by atoms with E-state index >= 15 is 0 Å². The van der Waals surface area contributed by atoms with Crippen LogP contribution in [0.15, 0.2) is 42.6 Å². The largest absolute Gasteiger partial charge is 0.380 e. The number of hydrogen-bond acceptors (Lipinski definition) is 4. The molecule has 4 rings (SSSR count). The van der Waals surface area contributed by atoms with Crippen molar-refractivity contribution in [1.82, 2.24) is 24.5 Å². The molecule has 0 aliphatic carbocycles. The summed E-state index contributed by atoms with van der Waals surface area (Å²) < 4.78 is 3.71. The molecule has 0 radical (unpaired) electrons. The van der Waals surface area contributed by atoms with Crippen molar-refractivity contribution in [3.05, 3.63) is 70.8 Å². The van der Waals surface area contributed by atoms with Gasteiger partial charge in [0.1, 0.15) is 6.10 Å². The van der Waals surface area contributed by atoms with Crippen molar-refractivity contribution < 1.29 is 5.11 Å². The highest BCUT2D eigenvalue weighted by molar-refractivity contribution is 5.28. The summed E-state index contributed by atoms with van der Waals surface area (Å²) in [6.45, 7) is 10.3. The van der Waals surface area contributed by atoms with Crippen LogP contribution >= 0.6 is 0 Å². The van der Waals surface area contributed by atoms with Crippen LogP contribution in [0.2, 0.25) is 0 Å². The first-order valence-corrected chi connectivity index (χ1v) is 9.85. The standard InChI is InChI=1S/C22H29N5O/c1-22(2,3)17-7-5-16(6-8-17)14-26-11-12-27-18(15-26)13-19(24-27)21(28)20-9-10-23-25(20)4/h5-10,13,21,28H,11-12,14-15H2,1-4H3. The number of aromatic nitrogens is 4. The van der Waals surface area contributed by atoms with Crippen LogP contribution in [0.25, 0.3) is 0 Å². The minimum Gasteiger partial charge on any atom is -0.380 e. The molecule has 2 aromatic heterocycles. The molecular formula is C22H29N5O. The number of aliphatic hydroxyl groups is 1. The van der Waals surface area contributed by atoms with Gasteiger partial charge in [-0.05, 0) is 28.7 Å². The Balaban J connectivity index is 1.45. The van der Waals surface area contributed by atoms with Gasteiger partial charge in [-0.25, -0.2) is 0 Å². The highest BCUT2D eigenvalue weighted by atomic mass is 16.3. The van der Waals surface area contributed by atoms with Gasteiger partial charge in [0, 0.05) is 32.9 Å². The Bertz CT molecular complexity index is 948. The lowest BCUT2D eigenvalue weighted by molar-refractivity contribution is 0.196. The fraction of sp³-hybridized carbons (Fsp3) is 0.455. The Labute approximate surface area is 166 Å². The van der Waals surface area contributed by atoms with Gasteiger partial charge in [-0.2, -0.15) is 10.2 Å². The molecule has 0 saturated carbocycles. The second kappa shape index (κ2) is 7.18. The van der Waals surface area contributed by atoms with E-state index < -0.39 is 6.10 Å². The molecule has 1 aromatic carbocycles. The zero-order valence-corrected chi connectivity index (χ0v) is 17.1. The molecule has 6 nitrogen and oxygen atoms in total. The van der Waals surface area contributed by atoms with Gasteiger partial charge in [0.15, 0.2) is 0 Å². The highest BCUT2D eigenvalue weighted by Crippen LogP contribution is 2.25. The second-order valence-corrected chi connectivity index (χ2v) is 8.72. The van der Waals surface area contributed by atoms with E-state index in [1.165, 1.54) is 11.1 Å². The van der Waals surface area contributed by atoms with Crippen molar-refractivity contribution in [1.29, 1.82) is 0 Å². The summed E-state index contributed by atoms with van der Waals surface area (Å²) in [4.78, 5) is 2.43. The van der Waals surface area contributed by atoms with Gasteiger partial charge < -0.3 is 5.11 Å². The molecule has 0 spiro atoms. The molecule has 1 unspecified atom stereocenters. The normalized spacial score (nSPS) is 16.2. The van der Waals surface area contributed by atoms with Crippen LogP contribution in [0.4, 0.5) is 0 Å². The first-order valence-electron chi connectivity index (χ1n) is 9.85. The van der Waals surface area contributed by atoms with Crippen LogP contribution in [0.1, 0.15) is 55.1 Å². The third-order valence-electron chi connectivity index (χ3n) is 5.54. The number of rotatable bonds is 4. The Hall–Kier alpha value is -2.44. The Morgan fingerprint density at radius 1 is 1.11 bits per heavy atom. The Kier molecular flexibility index (Phi) is 4.85. The number of benzene rings is 1. The quantitative estimate of drug-likeness (QED) is 0.757. The number of hydrogen-bond donors (Lipinski definition) is 1. The summed E-state index contributed by atoms with van der Waals surface area (Å²) >= 11 is 0. The molecule has 0 amide bonds. The minimum absolute atomic E-state index is 0.182. The lowest BCUT2D eigenvalue weighted by Gasteiger charge is -2.28. The molecule has 28 heavy (non-hydrogen) atoms. The van der Waals surface area contributed by atoms with E-state index in [0.717, 1.165) is 37.6 Å². The maximum atomic E-state index is 10.7. The van der Waals surface area contributed by atoms with E-state index in [9.17, 15) is 5.11 Å². The number of aliphatic hydroxyl groups excluding tert-OH is 1. The van der Waals surface area contributed by atoms with Crippen molar-refractivity contribution in [3.63, 3.8) is 0 Å². The third-order valence-corrected chi connectivity index (χ3v) is 5.54. The first kappa shape index (κ1) is 18.9. The number of nitrogens with zero attached hydrogens (tertiary/aromatic N) is 5. The van der Waals surface area contributed by atoms with Crippen LogP contribution in [-0.4, -0.2) is 36.1 Å². The van der Waals surface area contributed by atoms with Gasteiger partial charge in [0.05, 0.1) is 23.6 Å². The average Bonchev–Trinajstić information content (AvgIpc) is 3.26. The monoisotopic (exact) mass is 379 g/mol. The Morgan fingerprint density at radius 3 is 2.50 bits per heavy atom. The molecule has 1 aliphatic heterocycles. The molecule has 3 aromatic rings. The van der Waals surface area contributed by atoms with E-state index in [1.54, 1.807) is 10.9 Å². The summed E-state index contributed by atoms with van der Waals surface area (Å²) in [5, 5.41) is 19.4. The SMILES string of the molecule is Cn1nccc1C(O)c1cc2n(n1)CCN(Cc1ccc(C(C)(C)C)cc1)C2. The van der Waals surface area contributed by atoms with Crippen molar-refractivity contribution in [2.24, 2.45) is 7.05 Å². The lowest BCUT2D eigenvalue weighted by atomic mass is 9.87. The van der Waals surface area contributed by atoms with Gasteiger partial charge in [0.2, 0.25) is 0 Å². The van der Waals surface area contributed by atoms with Gasteiger partial charge in [0.25, 0.3) is 0 Å². The van der Waals surface area contributed by atoms with Crippen molar-refractivity contribution in [3.8, 4) is 0 Å². The third kappa shape index (κ3) is 3.75. The molecule has 1 N–H and O–H groups in total. The summed E-state index contributed by atoms with van der Waals surface area (Å²) in [6.07, 6.45) is 0.949. The fourth-order valence-corrected chi connectivity index (χ4v) is 3.78. The van der Waals surface area contributed by atoms with Crippen LogP contribution in [0.3, 0.4) is 0 Å². The van der Waals surface area contributed by atoms with Crippen LogP contribution in [0, 0.1) is 0 Å². The van der Waals surface area contributed by atoms with Gasteiger partial charge in [-0.15, -0.1) is 0 Å².